The molecule has 1 atom stereocenters. The van der Waals surface area contributed by atoms with Crippen molar-refractivity contribution < 1.29 is 4.74 Å². The Morgan fingerprint density at radius 3 is 2.68 bits per heavy atom. The Labute approximate surface area is 184 Å². The largest absolute Gasteiger partial charge is 0.497 e. The van der Waals surface area contributed by atoms with Crippen LogP contribution in [0.15, 0.2) is 41.0 Å². The fraction of sp³-hybridized carbons (Fsp3) is 0.462. The molecular weight excluding hydrogens is 384 g/mol. The van der Waals surface area contributed by atoms with Gasteiger partial charge in [-0.1, -0.05) is 17.7 Å². The minimum atomic E-state index is 0.763. The fourth-order valence-corrected chi connectivity index (χ4v) is 6.00. The Morgan fingerprint density at radius 2 is 1.94 bits per heavy atom. The summed E-state index contributed by atoms with van der Waals surface area (Å²) in [6, 6.07) is 8.29. The molecule has 160 valence electrons. The van der Waals surface area contributed by atoms with Crippen molar-refractivity contribution in [2.75, 3.05) is 26.7 Å². The molecule has 0 N–H and O–H groups in total. The van der Waals surface area contributed by atoms with E-state index in [0.717, 1.165) is 37.0 Å². The molecule has 0 spiro atoms. The van der Waals surface area contributed by atoms with Gasteiger partial charge in [-0.3, -0.25) is 9.67 Å². The average Bonchev–Trinajstić information content (AvgIpc) is 3.00. The number of piperidine rings is 3. The number of methoxy groups -OCH3 is 1. The van der Waals surface area contributed by atoms with E-state index >= 15 is 0 Å². The summed E-state index contributed by atoms with van der Waals surface area (Å²) in [5.41, 5.74) is 7.93. The highest BCUT2D eigenvalue weighted by Crippen LogP contribution is 2.41. The van der Waals surface area contributed by atoms with E-state index in [0.29, 0.717) is 0 Å². The van der Waals surface area contributed by atoms with Crippen molar-refractivity contribution in [3.63, 3.8) is 0 Å². The molecule has 1 aromatic heterocycles. The maximum Gasteiger partial charge on any atom is 0.118 e. The van der Waals surface area contributed by atoms with Crippen LogP contribution in [0.25, 0.3) is 11.6 Å². The zero-order valence-corrected chi connectivity index (χ0v) is 18.3. The van der Waals surface area contributed by atoms with Crippen molar-refractivity contribution >= 4 is 17.9 Å². The number of aliphatic imine (C=N–C) groups is 1. The highest BCUT2D eigenvalue weighted by atomic mass is 16.5. The van der Waals surface area contributed by atoms with E-state index in [1.54, 1.807) is 12.7 Å². The predicted octanol–water partition coefficient (Wildman–Crippen LogP) is 4.43. The Morgan fingerprint density at radius 1 is 1.10 bits per heavy atom. The summed E-state index contributed by atoms with van der Waals surface area (Å²) in [7, 11) is 1.70. The highest BCUT2D eigenvalue weighted by Gasteiger charge is 2.36. The van der Waals surface area contributed by atoms with Crippen LogP contribution in [0.3, 0.4) is 0 Å². The van der Waals surface area contributed by atoms with Crippen LogP contribution >= 0.6 is 0 Å². The van der Waals surface area contributed by atoms with Gasteiger partial charge in [0, 0.05) is 30.1 Å². The van der Waals surface area contributed by atoms with Crippen molar-refractivity contribution in [3.8, 4) is 5.75 Å². The second-order valence-electron chi connectivity index (χ2n) is 9.43. The van der Waals surface area contributed by atoms with Crippen LogP contribution in [0.4, 0.5) is 0 Å². The van der Waals surface area contributed by atoms with Gasteiger partial charge in [0.1, 0.15) is 5.75 Å². The van der Waals surface area contributed by atoms with Crippen molar-refractivity contribution in [2.45, 2.75) is 38.6 Å². The molecule has 0 saturated carbocycles. The second kappa shape index (κ2) is 7.79. The number of nitrogens with zero attached hydrogens (tertiary/aromatic N) is 4. The van der Waals surface area contributed by atoms with Crippen molar-refractivity contribution in [1.82, 2.24) is 14.7 Å². The third-order valence-corrected chi connectivity index (χ3v) is 7.69. The molecular formula is C26H30N4O. The summed E-state index contributed by atoms with van der Waals surface area (Å²) in [5.74, 6) is 2.61. The van der Waals surface area contributed by atoms with Gasteiger partial charge in [-0.2, -0.15) is 5.10 Å². The topological polar surface area (TPSA) is 42.6 Å². The number of hydrogen-bond donors (Lipinski definition) is 0. The Hall–Kier alpha value is -2.66. The van der Waals surface area contributed by atoms with Gasteiger partial charge in [0.15, 0.2) is 0 Å². The lowest BCUT2D eigenvalue weighted by molar-refractivity contribution is 0.0509. The summed E-state index contributed by atoms with van der Waals surface area (Å²) in [6.07, 6.45) is 12.3. The molecule has 31 heavy (non-hydrogen) atoms. The molecule has 5 nitrogen and oxygen atoms in total. The molecule has 2 bridgehead atoms. The zero-order chi connectivity index (χ0) is 20.8. The first-order chi connectivity index (χ1) is 15.3. The van der Waals surface area contributed by atoms with Gasteiger partial charge in [-0.15, -0.1) is 0 Å². The van der Waals surface area contributed by atoms with Gasteiger partial charge in [0.2, 0.25) is 0 Å². The molecule has 5 heterocycles. The van der Waals surface area contributed by atoms with Crippen LogP contribution in [0.5, 0.6) is 5.75 Å². The van der Waals surface area contributed by atoms with E-state index in [1.165, 1.54) is 67.0 Å². The third kappa shape index (κ3) is 3.45. The summed E-state index contributed by atoms with van der Waals surface area (Å²) in [5, 5.41) is 5.04. The van der Waals surface area contributed by atoms with E-state index in [9.17, 15) is 0 Å². The van der Waals surface area contributed by atoms with Crippen LogP contribution in [0.2, 0.25) is 0 Å². The molecule has 1 aromatic carbocycles. The molecule has 0 radical (unpaired) electrons. The van der Waals surface area contributed by atoms with Gasteiger partial charge >= 0.3 is 0 Å². The molecule has 2 aromatic rings. The molecule has 3 fully saturated rings. The quantitative estimate of drug-likeness (QED) is 0.727. The first kappa shape index (κ1) is 19.1. The van der Waals surface area contributed by atoms with Crippen LogP contribution in [-0.2, 0) is 13.0 Å². The number of ether oxygens (including phenoxy) is 1. The highest BCUT2D eigenvalue weighted by molar-refractivity contribution is 6.14. The van der Waals surface area contributed by atoms with Crippen LogP contribution in [0, 0.1) is 11.8 Å². The van der Waals surface area contributed by atoms with Crippen LogP contribution < -0.4 is 4.74 Å². The maximum atomic E-state index is 5.30. The molecule has 4 aliphatic heterocycles. The molecule has 1 aliphatic carbocycles. The molecule has 3 saturated heterocycles. The average molecular weight is 415 g/mol. The van der Waals surface area contributed by atoms with E-state index in [1.807, 2.05) is 18.3 Å². The van der Waals surface area contributed by atoms with Crippen LogP contribution in [0.1, 0.15) is 48.2 Å². The summed E-state index contributed by atoms with van der Waals surface area (Å²) >= 11 is 0. The summed E-state index contributed by atoms with van der Waals surface area (Å²) in [4.78, 5) is 7.29. The zero-order valence-electron chi connectivity index (χ0n) is 18.3. The Kier molecular flexibility index (Phi) is 4.79. The van der Waals surface area contributed by atoms with Crippen molar-refractivity contribution in [3.05, 3.63) is 58.6 Å². The molecule has 1 unspecified atom stereocenters. The number of benzene rings is 1. The normalized spacial score (nSPS) is 26.2. The smallest absolute Gasteiger partial charge is 0.118 e. The SMILES string of the molecule is COc1ccc(Cn2nc3c4c2C=CN=CC4=C(CC2CN4CCC2CC4)CC3)cc1. The summed E-state index contributed by atoms with van der Waals surface area (Å²) in [6.45, 7) is 4.67. The number of allylic oxidation sites excluding steroid dienone is 2. The summed E-state index contributed by atoms with van der Waals surface area (Å²) < 4.78 is 7.47. The maximum absolute atomic E-state index is 5.30. The van der Waals surface area contributed by atoms with Gasteiger partial charge in [-0.25, -0.2) is 0 Å². The lowest BCUT2D eigenvalue weighted by Gasteiger charge is -2.45. The van der Waals surface area contributed by atoms with E-state index in [4.69, 9.17) is 9.84 Å². The number of hydrogen-bond acceptors (Lipinski definition) is 4. The van der Waals surface area contributed by atoms with Crippen molar-refractivity contribution in [2.24, 2.45) is 16.8 Å². The van der Waals surface area contributed by atoms with Gasteiger partial charge in [-0.05, 0) is 80.8 Å². The van der Waals surface area contributed by atoms with Gasteiger partial charge in [0.05, 0.1) is 25.0 Å². The molecule has 0 amide bonds. The standard InChI is InChI=1S/C26H30N4O/c1-31-22-5-2-18(3-6-22)16-30-25-8-11-27-15-23-20(4-7-24(28-30)26(23)25)14-21-17-29-12-9-19(21)10-13-29/h2-3,5-6,8,11,15,19,21H,4,7,9-10,12-14,16-17H2,1H3. The lowest BCUT2D eigenvalue weighted by atomic mass is 9.74. The second-order valence-corrected chi connectivity index (χ2v) is 9.43. The Balaban J connectivity index is 1.32. The van der Waals surface area contributed by atoms with E-state index in [-0.39, 0.29) is 0 Å². The van der Waals surface area contributed by atoms with Crippen LogP contribution in [-0.4, -0.2) is 47.6 Å². The lowest BCUT2D eigenvalue weighted by Crippen LogP contribution is -2.47. The molecule has 7 rings (SSSR count). The third-order valence-electron chi connectivity index (χ3n) is 7.69. The molecule has 5 heteroatoms. The minimum Gasteiger partial charge on any atom is -0.497 e. The first-order valence-electron chi connectivity index (χ1n) is 11.7. The first-order valence-corrected chi connectivity index (χ1v) is 11.7. The van der Waals surface area contributed by atoms with E-state index in [2.05, 4.69) is 39.0 Å². The number of fused-ring (bicyclic) bond motifs is 3. The van der Waals surface area contributed by atoms with Gasteiger partial charge < -0.3 is 9.64 Å². The number of rotatable bonds is 5. The fourth-order valence-electron chi connectivity index (χ4n) is 6.00. The monoisotopic (exact) mass is 414 g/mol. The number of aryl methyl sites for hydroxylation is 1. The van der Waals surface area contributed by atoms with Gasteiger partial charge in [0.25, 0.3) is 0 Å². The molecule has 5 aliphatic rings. The minimum absolute atomic E-state index is 0.763. The number of aromatic nitrogens is 2. The van der Waals surface area contributed by atoms with E-state index < -0.39 is 0 Å². The van der Waals surface area contributed by atoms with Crippen molar-refractivity contribution in [1.29, 1.82) is 0 Å². The Bertz CT molecular complexity index is 1070. The predicted molar refractivity (Wildman–Crippen MR) is 124 cm³/mol.